The van der Waals surface area contributed by atoms with Gasteiger partial charge in [0.15, 0.2) is 5.82 Å². The summed E-state index contributed by atoms with van der Waals surface area (Å²) in [7, 11) is 0. The van der Waals surface area contributed by atoms with E-state index in [9.17, 15) is 14.4 Å². The van der Waals surface area contributed by atoms with E-state index < -0.39 is 28.8 Å². The van der Waals surface area contributed by atoms with Crippen LogP contribution in [0.4, 0.5) is 4.79 Å². The van der Waals surface area contributed by atoms with Crippen LogP contribution in [0.3, 0.4) is 0 Å². The zero-order valence-corrected chi connectivity index (χ0v) is 39.0. The fourth-order valence-corrected chi connectivity index (χ4v) is 9.52. The molecule has 1 aliphatic carbocycles. The van der Waals surface area contributed by atoms with Gasteiger partial charge in [0.05, 0.1) is 6.04 Å². The molecule has 9 rings (SSSR count). The molecular weight excluding hydrogens is 847 g/mol. The lowest BCUT2D eigenvalue weighted by Gasteiger charge is -2.36. The van der Waals surface area contributed by atoms with Crippen LogP contribution in [-0.2, 0) is 26.4 Å². The molecule has 2 unspecified atom stereocenters. The topological polar surface area (TPSA) is 131 Å². The van der Waals surface area contributed by atoms with Gasteiger partial charge >= 0.3 is 6.09 Å². The first-order chi connectivity index (χ1) is 32.8. The first-order valence-corrected chi connectivity index (χ1v) is 23.0. The fraction of sp³-hybridized carbons (Fsp3) is 0.228. The Hall–Kier alpha value is -7.92. The van der Waals surface area contributed by atoms with Gasteiger partial charge in [0.2, 0.25) is 11.8 Å². The molecule has 6 aromatic carbocycles. The predicted octanol–water partition coefficient (Wildman–Crippen LogP) is 10.2. The number of carbonyl (C=O) groups excluding carboxylic acids is 3. The number of carbonyl (C=O) groups is 3. The van der Waals surface area contributed by atoms with E-state index in [1.807, 2.05) is 88.4 Å². The molecule has 0 fully saturated rings. The predicted molar refractivity (Wildman–Crippen MR) is 266 cm³/mol. The van der Waals surface area contributed by atoms with E-state index in [0.29, 0.717) is 18.8 Å². The van der Waals surface area contributed by atoms with Gasteiger partial charge in [0.25, 0.3) is 0 Å². The van der Waals surface area contributed by atoms with Crippen LogP contribution in [0.15, 0.2) is 176 Å². The summed E-state index contributed by atoms with van der Waals surface area (Å²) < 4.78 is 7.39. The highest BCUT2D eigenvalue weighted by Crippen LogP contribution is 2.44. The summed E-state index contributed by atoms with van der Waals surface area (Å²) >= 11 is 0. The van der Waals surface area contributed by atoms with Crippen LogP contribution < -0.4 is 10.6 Å². The van der Waals surface area contributed by atoms with Crippen LogP contribution in [0, 0.1) is 0 Å². The molecule has 2 heterocycles. The number of alkyl carbamates (subject to hydrolysis) is 1. The first kappa shape index (κ1) is 45.2. The number of aromatic nitrogens is 4. The van der Waals surface area contributed by atoms with Crippen molar-refractivity contribution >= 4 is 29.6 Å². The summed E-state index contributed by atoms with van der Waals surface area (Å²) in [6, 6.07) is 54.4. The van der Waals surface area contributed by atoms with Crippen LogP contribution in [-0.4, -0.2) is 66.2 Å². The standard InChI is InChI=1S/C57H55N7O4/c1-55(2,3)68-54(67)59-56(4,5)37-51(65)58-49-35-34-47-45-26-16-15-19-40(45)33-36-50(47)63(53(49)66)38-39-29-31-41(32-30-39)46-27-17-18-28-48(46)52-60-61-62-64(52)57(42-20-9-6-10-21-42,43-22-11-7-12-23-43)44-24-13-8-14-25-44/h6-34,36,49-50H,35,37-38H2,1-5H3,(H,58,65)(H,59,67). The summed E-state index contributed by atoms with van der Waals surface area (Å²) in [6.07, 6.45) is 5.85. The number of benzene rings is 6. The molecule has 1 aromatic heterocycles. The Morgan fingerprint density at radius 3 is 1.85 bits per heavy atom. The van der Waals surface area contributed by atoms with Crippen LogP contribution in [0.2, 0.25) is 0 Å². The smallest absolute Gasteiger partial charge is 0.408 e. The van der Waals surface area contributed by atoms with Crippen LogP contribution in [0.5, 0.6) is 0 Å². The van der Waals surface area contributed by atoms with Crippen molar-refractivity contribution in [3.63, 3.8) is 0 Å². The largest absolute Gasteiger partial charge is 0.444 e. The Morgan fingerprint density at radius 1 is 0.691 bits per heavy atom. The van der Waals surface area contributed by atoms with Gasteiger partial charge in [-0.15, -0.1) is 5.10 Å². The van der Waals surface area contributed by atoms with Crippen molar-refractivity contribution in [3.8, 4) is 22.5 Å². The monoisotopic (exact) mass is 901 g/mol. The molecule has 0 radical (unpaired) electrons. The van der Waals surface area contributed by atoms with Crippen LogP contribution in [0.1, 0.15) is 80.8 Å². The van der Waals surface area contributed by atoms with Crippen molar-refractivity contribution in [1.29, 1.82) is 0 Å². The normalized spacial score (nSPS) is 15.9. The molecule has 68 heavy (non-hydrogen) atoms. The van der Waals surface area contributed by atoms with Gasteiger partial charge in [-0.05, 0) is 102 Å². The molecule has 0 saturated carbocycles. The van der Waals surface area contributed by atoms with Crippen molar-refractivity contribution in [3.05, 3.63) is 209 Å². The number of nitrogens with one attached hydrogen (secondary N) is 2. The molecule has 7 aromatic rings. The quantitative estimate of drug-likeness (QED) is 0.117. The summed E-state index contributed by atoms with van der Waals surface area (Å²) in [4.78, 5) is 42.9. The van der Waals surface area contributed by atoms with E-state index in [1.54, 1.807) is 34.6 Å². The maximum atomic E-state index is 14.8. The van der Waals surface area contributed by atoms with Crippen molar-refractivity contribution in [2.45, 2.75) is 82.8 Å². The molecule has 342 valence electrons. The molecule has 2 aliphatic rings. The number of hydrogen-bond donors (Lipinski definition) is 2. The average molecular weight is 902 g/mol. The second-order valence-electron chi connectivity index (χ2n) is 19.0. The molecule has 0 saturated heterocycles. The molecule has 2 N–H and O–H groups in total. The van der Waals surface area contributed by atoms with Crippen LogP contribution >= 0.6 is 0 Å². The Labute approximate surface area is 397 Å². The number of hydrogen-bond acceptors (Lipinski definition) is 7. The number of amides is 3. The zero-order chi connectivity index (χ0) is 47.5. The van der Waals surface area contributed by atoms with Gasteiger partial charge in [0, 0.05) is 24.1 Å². The third-order valence-electron chi connectivity index (χ3n) is 12.5. The molecule has 0 bridgehead atoms. The van der Waals surface area contributed by atoms with E-state index in [4.69, 9.17) is 15.0 Å². The van der Waals surface area contributed by atoms with Crippen molar-refractivity contribution in [1.82, 2.24) is 35.7 Å². The summed E-state index contributed by atoms with van der Waals surface area (Å²) in [5.74, 6) is 0.0416. The number of fused-ring (bicyclic) bond motifs is 3. The Balaban J connectivity index is 1.03. The van der Waals surface area contributed by atoms with E-state index in [-0.39, 0.29) is 24.3 Å². The maximum absolute atomic E-state index is 14.8. The van der Waals surface area contributed by atoms with Gasteiger partial charge < -0.3 is 20.3 Å². The van der Waals surface area contributed by atoms with Crippen molar-refractivity contribution in [2.75, 3.05) is 0 Å². The Kier molecular flexibility index (Phi) is 12.5. The van der Waals surface area contributed by atoms with Gasteiger partial charge in [-0.1, -0.05) is 182 Å². The SMILES string of the molecule is CC(C)(CC(=O)NC1CC=C2c3ccccc3C=CC2N(Cc2ccc(-c3ccccc3-c3nnnn3C(c3ccccc3)(c3ccccc3)c3ccccc3)cc2)C1=O)NC(=O)OC(C)(C)C. The molecule has 0 spiro atoms. The lowest BCUT2D eigenvalue weighted by Crippen LogP contribution is -2.53. The summed E-state index contributed by atoms with van der Waals surface area (Å²) in [5.41, 5.74) is 7.26. The minimum Gasteiger partial charge on any atom is -0.444 e. The number of nitrogens with zero attached hydrogens (tertiary/aromatic N) is 5. The molecule has 11 heteroatoms. The highest BCUT2D eigenvalue weighted by atomic mass is 16.6. The second-order valence-corrected chi connectivity index (χ2v) is 19.0. The highest BCUT2D eigenvalue weighted by Gasteiger charge is 2.42. The van der Waals surface area contributed by atoms with Crippen molar-refractivity contribution < 1.29 is 19.1 Å². The minimum absolute atomic E-state index is 0.0557. The third-order valence-corrected chi connectivity index (χ3v) is 12.5. The number of ether oxygens (including phenoxy) is 1. The third kappa shape index (κ3) is 9.24. The number of rotatable bonds is 12. The van der Waals surface area contributed by atoms with Gasteiger partial charge in [0.1, 0.15) is 17.2 Å². The van der Waals surface area contributed by atoms with Crippen molar-refractivity contribution in [2.24, 2.45) is 0 Å². The van der Waals surface area contributed by atoms with Gasteiger partial charge in [-0.3, -0.25) is 9.59 Å². The zero-order valence-electron chi connectivity index (χ0n) is 39.0. The summed E-state index contributed by atoms with van der Waals surface area (Å²) in [6.45, 7) is 9.16. The fourth-order valence-electron chi connectivity index (χ4n) is 9.52. The minimum atomic E-state index is -0.935. The van der Waals surface area contributed by atoms with E-state index in [2.05, 4.69) is 119 Å². The van der Waals surface area contributed by atoms with E-state index in [0.717, 1.165) is 55.6 Å². The molecular formula is C57H55N7O4. The lowest BCUT2D eigenvalue weighted by molar-refractivity contribution is -0.137. The highest BCUT2D eigenvalue weighted by molar-refractivity contribution is 5.94. The van der Waals surface area contributed by atoms with E-state index >= 15 is 0 Å². The van der Waals surface area contributed by atoms with Gasteiger partial charge in [-0.2, -0.15) is 0 Å². The Morgan fingerprint density at radius 2 is 1.25 bits per heavy atom. The second kappa shape index (κ2) is 18.8. The molecule has 3 amide bonds. The maximum Gasteiger partial charge on any atom is 0.408 e. The Bertz CT molecular complexity index is 2900. The van der Waals surface area contributed by atoms with E-state index in [1.165, 1.54) is 0 Å². The summed E-state index contributed by atoms with van der Waals surface area (Å²) in [5, 5.41) is 19.7. The average Bonchev–Trinajstić information content (AvgIpc) is 3.78. The molecule has 2 atom stereocenters. The lowest BCUT2D eigenvalue weighted by atomic mass is 9.77. The van der Waals surface area contributed by atoms with Crippen LogP contribution in [0.25, 0.3) is 34.2 Å². The molecule has 1 aliphatic heterocycles. The number of tetrazole rings is 1. The molecule has 11 nitrogen and oxygen atoms in total. The first-order valence-electron chi connectivity index (χ1n) is 23.0. The van der Waals surface area contributed by atoms with Gasteiger partial charge in [-0.25, -0.2) is 9.48 Å².